The number of benzene rings is 1. The zero-order valence-electron chi connectivity index (χ0n) is 13.9. The topological polar surface area (TPSA) is 119 Å². The normalized spacial score (nSPS) is 15.8. The number of nitrogens with two attached hydrogens (primary N) is 1. The van der Waals surface area contributed by atoms with Crippen molar-refractivity contribution in [2.75, 3.05) is 26.0 Å². The molecule has 2 aromatic rings. The largest absolute Gasteiger partial charge is 0.493 e. The fourth-order valence-electron chi connectivity index (χ4n) is 2.82. The average molecular weight is 344 g/mol. The number of hydrogen-bond donors (Lipinski definition) is 3. The van der Waals surface area contributed by atoms with Crippen molar-refractivity contribution in [2.24, 2.45) is 5.92 Å². The summed E-state index contributed by atoms with van der Waals surface area (Å²) in [7, 11) is 1.59. The van der Waals surface area contributed by atoms with Crippen molar-refractivity contribution in [2.45, 2.75) is 12.8 Å². The minimum Gasteiger partial charge on any atom is -0.493 e. The van der Waals surface area contributed by atoms with E-state index in [1.807, 2.05) is 18.2 Å². The molecule has 1 aliphatic rings. The predicted octanol–water partition coefficient (Wildman–Crippen LogP) is 0.271. The maximum absolute atomic E-state index is 12.3. The van der Waals surface area contributed by atoms with Crippen molar-refractivity contribution in [1.82, 2.24) is 15.3 Å². The molecule has 1 atom stereocenters. The van der Waals surface area contributed by atoms with Gasteiger partial charge in [-0.05, 0) is 18.1 Å². The van der Waals surface area contributed by atoms with E-state index in [9.17, 15) is 9.59 Å². The van der Waals surface area contributed by atoms with Gasteiger partial charge in [0.05, 0.1) is 13.0 Å². The number of methoxy groups -OCH3 is 1. The molecule has 0 radical (unpaired) electrons. The number of amides is 1. The molecule has 8 nitrogen and oxygen atoms in total. The highest BCUT2D eigenvalue weighted by Crippen LogP contribution is 2.35. The third-order valence-corrected chi connectivity index (χ3v) is 4.02. The van der Waals surface area contributed by atoms with Crippen molar-refractivity contribution in [3.8, 4) is 11.5 Å². The van der Waals surface area contributed by atoms with E-state index in [1.54, 1.807) is 7.11 Å². The summed E-state index contributed by atoms with van der Waals surface area (Å²) in [6, 6.07) is 6.85. The van der Waals surface area contributed by atoms with Gasteiger partial charge >= 0.3 is 0 Å². The number of ether oxygens (including phenoxy) is 2. The highest BCUT2D eigenvalue weighted by molar-refractivity contribution is 5.79. The number of para-hydroxylation sites is 1. The molecule has 0 bridgehead atoms. The highest BCUT2D eigenvalue weighted by atomic mass is 16.5. The summed E-state index contributed by atoms with van der Waals surface area (Å²) in [6.45, 7) is 0.652. The van der Waals surface area contributed by atoms with E-state index >= 15 is 0 Å². The van der Waals surface area contributed by atoms with Crippen LogP contribution >= 0.6 is 0 Å². The number of rotatable bonds is 5. The smallest absolute Gasteiger partial charge is 0.252 e. The Morgan fingerprint density at radius 3 is 3.12 bits per heavy atom. The fraction of sp³-hybridized carbons (Fsp3) is 0.353. The summed E-state index contributed by atoms with van der Waals surface area (Å²) in [5.41, 5.74) is 6.18. The van der Waals surface area contributed by atoms with Gasteiger partial charge in [-0.1, -0.05) is 12.1 Å². The second-order valence-corrected chi connectivity index (χ2v) is 5.82. The lowest BCUT2D eigenvalue weighted by Gasteiger charge is -2.25. The first-order chi connectivity index (χ1) is 12.1. The molecule has 0 spiro atoms. The molecule has 2 heterocycles. The van der Waals surface area contributed by atoms with Crippen LogP contribution in [0, 0.1) is 5.92 Å². The van der Waals surface area contributed by atoms with Crippen molar-refractivity contribution in [3.63, 3.8) is 0 Å². The SMILES string of the molecule is COc1cccc2c1OC[C@H](C(=O)NCCc1nc(N)cc(=O)[nH]1)C2. The van der Waals surface area contributed by atoms with Gasteiger partial charge in [-0.3, -0.25) is 9.59 Å². The Hall–Kier alpha value is -3.03. The molecule has 25 heavy (non-hydrogen) atoms. The van der Waals surface area contributed by atoms with Gasteiger partial charge in [-0.25, -0.2) is 4.98 Å². The summed E-state index contributed by atoms with van der Waals surface area (Å²) in [6.07, 6.45) is 0.982. The van der Waals surface area contributed by atoms with Crippen molar-refractivity contribution >= 4 is 11.7 Å². The Balaban J connectivity index is 1.56. The van der Waals surface area contributed by atoms with Crippen LogP contribution in [0.5, 0.6) is 11.5 Å². The molecule has 8 heteroatoms. The average Bonchev–Trinajstić information content (AvgIpc) is 2.59. The molecule has 0 unspecified atom stereocenters. The van der Waals surface area contributed by atoms with Crippen LogP contribution in [-0.4, -0.2) is 36.1 Å². The van der Waals surface area contributed by atoms with Crippen LogP contribution in [0.3, 0.4) is 0 Å². The Bertz CT molecular complexity index is 834. The van der Waals surface area contributed by atoms with Gasteiger partial charge in [0.1, 0.15) is 18.2 Å². The summed E-state index contributed by atoms with van der Waals surface area (Å²) < 4.78 is 11.0. The highest BCUT2D eigenvalue weighted by Gasteiger charge is 2.27. The lowest BCUT2D eigenvalue weighted by Crippen LogP contribution is -2.38. The lowest BCUT2D eigenvalue weighted by atomic mass is 9.95. The van der Waals surface area contributed by atoms with Gasteiger partial charge in [-0.15, -0.1) is 0 Å². The molecular formula is C17H20N4O4. The molecule has 1 aromatic heterocycles. The van der Waals surface area contributed by atoms with Crippen LogP contribution in [-0.2, 0) is 17.6 Å². The van der Waals surface area contributed by atoms with E-state index in [1.165, 1.54) is 6.07 Å². The Kier molecular flexibility index (Phi) is 4.87. The standard InChI is InChI=1S/C17H20N4O4/c1-24-12-4-2-3-10-7-11(9-25-16(10)12)17(23)19-6-5-14-20-13(18)8-15(22)21-14/h2-4,8,11H,5-7,9H2,1H3,(H,19,23)(H3,18,20,21,22)/t11-/m1/s1. The molecule has 0 saturated heterocycles. The van der Waals surface area contributed by atoms with Crippen LogP contribution in [0.25, 0.3) is 0 Å². The zero-order chi connectivity index (χ0) is 17.8. The molecule has 1 aliphatic heterocycles. The molecule has 0 fully saturated rings. The van der Waals surface area contributed by atoms with Crippen LogP contribution in [0.4, 0.5) is 5.82 Å². The van der Waals surface area contributed by atoms with Gasteiger partial charge in [-0.2, -0.15) is 0 Å². The summed E-state index contributed by atoms with van der Waals surface area (Å²) in [5, 5.41) is 2.85. The number of fused-ring (bicyclic) bond motifs is 1. The molecule has 132 valence electrons. The Morgan fingerprint density at radius 2 is 2.36 bits per heavy atom. The van der Waals surface area contributed by atoms with E-state index in [-0.39, 0.29) is 23.2 Å². The predicted molar refractivity (Wildman–Crippen MR) is 91.7 cm³/mol. The van der Waals surface area contributed by atoms with E-state index in [0.29, 0.717) is 43.3 Å². The van der Waals surface area contributed by atoms with Gasteiger partial charge < -0.3 is 25.5 Å². The number of carbonyl (C=O) groups excluding carboxylic acids is 1. The van der Waals surface area contributed by atoms with Crippen LogP contribution in [0.15, 0.2) is 29.1 Å². The minimum absolute atomic E-state index is 0.0975. The van der Waals surface area contributed by atoms with Crippen molar-refractivity contribution in [1.29, 1.82) is 0 Å². The van der Waals surface area contributed by atoms with E-state index in [4.69, 9.17) is 15.2 Å². The van der Waals surface area contributed by atoms with Gasteiger partial charge in [0.15, 0.2) is 11.5 Å². The first kappa shape index (κ1) is 16.8. The maximum Gasteiger partial charge on any atom is 0.252 e. The van der Waals surface area contributed by atoms with Crippen LogP contribution in [0.2, 0.25) is 0 Å². The second-order valence-electron chi connectivity index (χ2n) is 5.82. The summed E-state index contributed by atoms with van der Waals surface area (Å²) in [4.78, 5) is 30.3. The van der Waals surface area contributed by atoms with Crippen molar-refractivity contribution < 1.29 is 14.3 Å². The molecule has 4 N–H and O–H groups in total. The third kappa shape index (κ3) is 3.90. The lowest BCUT2D eigenvalue weighted by molar-refractivity contribution is -0.126. The monoisotopic (exact) mass is 344 g/mol. The van der Waals surface area contributed by atoms with Crippen LogP contribution in [0.1, 0.15) is 11.4 Å². The first-order valence-corrected chi connectivity index (χ1v) is 7.99. The Labute approximate surface area is 144 Å². The molecule has 3 rings (SSSR count). The number of hydrogen-bond acceptors (Lipinski definition) is 6. The Morgan fingerprint density at radius 1 is 1.52 bits per heavy atom. The number of nitrogen functional groups attached to an aromatic ring is 1. The first-order valence-electron chi connectivity index (χ1n) is 7.99. The summed E-state index contributed by atoms with van der Waals surface area (Å²) >= 11 is 0. The summed E-state index contributed by atoms with van der Waals surface area (Å²) in [5.74, 6) is 1.62. The number of aromatic nitrogens is 2. The number of H-pyrrole nitrogens is 1. The number of nitrogens with zero attached hydrogens (tertiary/aromatic N) is 1. The van der Waals surface area contributed by atoms with E-state index in [0.717, 1.165) is 5.56 Å². The quantitative estimate of drug-likeness (QED) is 0.716. The van der Waals surface area contributed by atoms with Gasteiger partial charge in [0.2, 0.25) is 5.91 Å². The molecule has 0 saturated carbocycles. The molecule has 1 amide bonds. The zero-order valence-corrected chi connectivity index (χ0v) is 13.9. The molecule has 0 aliphatic carbocycles. The van der Waals surface area contributed by atoms with E-state index in [2.05, 4.69) is 15.3 Å². The third-order valence-electron chi connectivity index (χ3n) is 4.02. The maximum atomic E-state index is 12.3. The number of nitrogens with one attached hydrogen (secondary N) is 2. The number of anilines is 1. The second kappa shape index (κ2) is 7.25. The number of carbonyl (C=O) groups is 1. The van der Waals surface area contributed by atoms with E-state index < -0.39 is 0 Å². The van der Waals surface area contributed by atoms with Crippen LogP contribution < -0.4 is 26.1 Å². The van der Waals surface area contributed by atoms with Crippen molar-refractivity contribution in [3.05, 3.63) is 46.0 Å². The van der Waals surface area contributed by atoms with Gasteiger partial charge in [0, 0.05) is 19.0 Å². The molecule has 1 aromatic carbocycles. The molecular weight excluding hydrogens is 324 g/mol. The fourth-order valence-corrected chi connectivity index (χ4v) is 2.82. The minimum atomic E-state index is -0.305. The van der Waals surface area contributed by atoms with Gasteiger partial charge in [0.25, 0.3) is 5.56 Å². The number of aromatic amines is 1.